The van der Waals surface area contributed by atoms with Gasteiger partial charge in [0.15, 0.2) is 23.8 Å². The van der Waals surface area contributed by atoms with Crippen LogP contribution in [-0.2, 0) is 48.0 Å². The van der Waals surface area contributed by atoms with Crippen molar-refractivity contribution in [3.8, 4) is 0 Å². The molecule has 12 heteroatoms. The number of rotatable bonds is 8. The van der Waals surface area contributed by atoms with Gasteiger partial charge in [-0.25, -0.2) is 29.1 Å². The van der Waals surface area contributed by atoms with E-state index in [-0.39, 0.29) is 49.1 Å². The number of hydrogen-bond acceptors (Lipinski definition) is 12. The minimum atomic E-state index is -0.835. The van der Waals surface area contributed by atoms with Crippen molar-refractivity contribution < 1.29 is 57.6 Å². The van der Waals surface area contributed by atoms with Gasteiger partial charge in [0.2, 0.25) is 11.6 Å². The van der Waals surface area contributed by atoms with Gasteiger partial charge < -0.3 is 28.4 Å². The maximum Gasteiger partial charge on any atom is 0.338 e. The van der Waals surface area contributed by atoms with Crippen LogP contribution in [0.5, 0.6) is 0 Å². The van der Waals surface area contributed by atoms with Crippen LogP contribution in [0.25, 0.3) is 0 Å². The van der Waals surface area contributed by atoms with Gasteiger partial charge in [-0.15, -0.1) is 0 Å². The Kier molecular flexibility index (Phi) is 9.53. The predicted octanol–water partition coefficient (Wildman–Crippen LogP) is 7.28. The van der Waals surface area contributed by atoms with E-state index in [9.17, 15) is 9.59 Å². The Hall–Kier alpha value is -2.16. The summed E-state index contributed by atoms with van der Waals surface area (Å²) < 4.78 is 37.7. The van der Waals surface area contributed by atoms with Crippen molar-refractivity contribution in [2.45, 2.75) is 153 Å². The Labute approximate surface area is 318 Å². The van der Waals surface area contributed by atoms with Crippen LogP contribution in [0, 0.1) is 47.3 Å². The Morgan fingerprint density at radius 3 is 1.52 bits per heavy atom. The highest BCUT2D eigenvalue weighted by molar-refractivity contribution is 5.95. The molecule has 8 aliphatic heterocycles. The summed E-state index contributed by atoms with van der Waals surface area (Å²) in [6, 6.07) is 6.51. The molecule has 0 amide bonds. The first kappa shape index (κ1) is 37.4. The van der Waals surface area contributed by atoms with Gasteiger partial charge in [-0.05, 0) is 106 Å². The summed E-state index contributed by atoms with van der Waals surface area (Å²) in [5.74, 6) is -0.344. The van der Waals surface area contributed by atoms with Crippen LogP contribution in [0.4, 0.5) is 0 Å². The van der Waals surface area contributed by atoms with Crippen LogP contribution in [0.2, 0.25) is 0 Å². The quantitative estimate of drug-likeness (QED) is 0.196. The van der Waals surface area contributed by atoms with Crippen molar-refractivity contribution >= 4 is 11.9 Å². The molecule has 1 aromatic carbocycles. The Morgan fingerprint density at radius 1 is 0.630 bits per heavy atom. The number of carbonyl (C=O) groups is 2. The summed E-state index contributed by atoms with van der Waals surface area (Å²) in [5, 5.41) is 0. The third-order valence-electron chi connectivity index (χ3n) is 15.2. The predicted molar refractivity (Wildman–Crippen MR) is 190 cm³/mol. The number of ether oxygens (including phenoxy) is 6. The first-order chi connectivity index (χ1) is 25.9. The van der Waals surface area contributed by atoms with Crippen molar-refractivity contribution in [1.29, 1.82) is 0 Å². The third-order valence-corrected chi connectivity index (χ3v) is 15.2. The Bertz CT molecular complexity index is 1490. The summed E-state index contributed by atoms with van der Waals surface area (Å²) in [7, 11) is 0. The Morgan fingerprint density at radius 2 is 1.07 bits per heavy atom. The molecule has 0 radical (unpaired) electrons. The number of hydrogen-bond donors (Lipinski definition) is 0. The van der Waals surface area contributed by atoms with Gasteiger partial charge in [0.05, 0.1) is 36.5 Å². The van der Waals surface area contributed by atoms with Crippen molar-refractivity contribution in [1.82, 2.24) is 0 Å². The molecule has 8 heterocycles. The maximum atomic E-state index is 13.2. The molecule has 10 fully saturated rings. The van der Waals surface area contributed by atoms with Gasteiger partial charge in [0, 0.05) is 37.5 Å². The molecular weight excluding hydrogens is 696 g/mol. The van der Waals surface area contributed by atoms with E-state index in [1.807, 2.05) is 13.8 Å². The molecule has 11 rings (SSSR count). The lowest BCUT2D eigenvalue weighted by Crippen LogP contribution is -2.70. The van der Waals surface area contributed by atoms with Crippen LogP contribution in [-0.4, -0.2) is 72.7 Å². The van der Waals surface area contributed by atoms with Crippen LogP contribution >= 0.6 is 0 Å². The second-order valence-corrected chi connectivity index (χ2v) is 18.3. The van der Waals surface area contributed by atoms with Gasteiger partial charge in [-0.1, -0.05) is 33.8 Å². The standard InChI is InChI=1S/C42H58O12/c1-23-10-12-31-25(3)33(47-37-41(31)29(23)14-18-39(5,49-37)51-53-41)16-20-45-35(43)27-8-7-9-28(22-27)36(44)46-21-17-34-26(4)32-13-11-24(2)30-15-19-40(6)50-38(48-34)42(30,32)54-52-40/h7-9,22-26,29-34,37-38H,10-21H2,1-6H3/t23-,24-,25-,26-,29+,30+,31+,32+,33?,34?,37+,38+,39-,40-,41-,42-/m1/s1. The summed E-state index contributed by atoms with van der Waals surface area (Å²) in [4.78, 5) is 50.8. The molecule has 8 saturated heterocycles. The minimum Gasteiger partial charge on any atom is -0.462 e. The molecule has 0 N–H and O–H groups in total. The molecule has 2 spiro atoms. The van der Waals surface area contributed by atoms with E-state index in [1.165, 1.54) is 6.07 Å². The highest BCUT2D eigenvalue weighted by Crippen LogP contribution is 2.62. The molecule has 2 saturated carbocycles. The smallest absolute Gasteiger partial charge is 0.338 e. The van der Waals surface area contributed by atoms with E-state index in [1.54, 1.807) is 18.2 Å². The summed E-state index contributed by atoms with van der Waals surface area (Å²) in [6.07, 6.45) is 7.39. The highest BCUT2D eigenvalue weighted by atomic mass is 17.3. The van der Waals surface area contributed by atoms with E-state index in [0.29, 0.717) is 47.6 Å². The fraction of sp³-hybridized carbons (Fsp3) is 0.810. The number of esters is 2. The highest BCUT2D eigenvalue weighted by Gasteiger charge is 2.70. The average molecular weight is 755 g/mol. The zero-order valence-corrected chi connectivity index (χ0v) is 32.6. The fourth-order valence-electron chi connectivity index (χ4n) is 12.1. The average Bonchev–Trinajstić information content (AvgIpc) is 3.53. The normalized spacial score (nSPS) is 48.9. The molecule has 12 nitrogen and oxygen atoms in total. The topological polar surface area (TPSA) is 126 Å². The minimum absolute atomic E-state index is 0.162. The van der Waals surface area contributed by atoms with E-state index < -0.39 is 47.3 Å². The van der Waals surface area contributed by atoms with Gasteiger partial charge in [0.1, 0.15) is 0 Å². The van der Waals surface area contributed by atoms with Crippen molar-refractivity contribution in [2.75, 3.05) is 13.2 Å². The summed E-state index contributed by atoms with van der Waals surface area (Å²) in [6.45, 7) is 13.2. The lowest BCUT2D eigenvalue weighted by atomic mass is 9.57. The number of benzene rings is 1. The molecular formula is C42H58O12. The van der Waals surface area contributed by atoms with Gasteiger partial charge in [-0.3, -0.25) is 0 Å². The largest absolute Gasteiger partial charge is 0.462 e. The van der Waals surface area contributed by atoms with E-state index in [0.717, 1.165) is 51.4 Å². The van der Waals surface area contributed by atoms with Crippen molar-refractivity contribution in [3.63, 3.8) is 0 Å². The molecule has 1 aromatic rings. The van der Waals surface area contributed by atoms with Crippen LogP contribution in [0.15, 0.2) is 24.3 Å². The molecule has 54 heavy (non-hydrogen) atoms. The lowest BCUT2D eigenvalue weighted by molar-refractivity contribution is -0.571. The summed E-state index contributed by atoms with van der Waals surface area (Å²) >= 11 is 0. The van der Waals surface area contributed by atoms with E-state index >= 15 is 0 Å². The molecule has 4 bridgehead atoms. The molecule has 298 valence electrons. The van der Waals surface area contributed by atoms with Crippen LogP contribution in [0.1, 0.15) is 126 Å². The SMILES string of the molecule is C[C@@H]1CC[C@H]2[C@@H](C)C(CCOC(=O)c3cccc(C(=O)OCCC4O[C@H]5O[C@@]6(C)CC[C@H]7[C@H](C)CC[C@@H]([C@H]4C)[C@@]57OO6)c3)O[C@H]3O[C@@]4(C)CC[C@@H]1[C@]32OO4. The van der Waals surface area contributed by atoms with Crippen molar-refractivity contribution in [2.24, 2.45) is 47.3 Å². The second kappa shape index (κ2) is 13.7. The van der Waals surface area contributed by atoms with Crippen LogP contribution in [0.3, 0.4) is 0 Å². The molecule has 16 atom stereocenters. The molecule has 0 aromatic heterocycles. The number of carbonyl (C=O) groups excluding carboxylic acids is 2. The zero-order valence-electron chi connectivity index (χ0n) is 32.6. The van der Waals surface area contributed by atoms with Gasteiger partial charge in [-0.2, -0.15) is 0 Å². The maximum absolute atomic E-state index is 13.2. The van der Waals surface area contributed by atoms with Gasteiger partial charge in [0.25, 0.3) is 0 Å². The second-order valence-electron chi connectivity index (χ2n) is 18.3. The van der Waals surface area contributed by atoms with E-state index in [4.69, 9.17) is 48.0 Å². The third kappa shape index (κ3) is 5.91. The fourth-order valence-corrected chi connectivity index (χ4v) is 12.1. The van der Waals surface area contributed by atoms with Gasteiger partial charge >= 0.3 is 11.9 Å². The number of fused-ring (bicyclic) bond motifs is 4. The summed E-state index contributed by atoms with van der Waals surface area (Å²) in [5.41, 5.74) is -0.660. The first-order valence-corrected chi connectivity index (χ1v) is 20.7. The monoisotopic (exact) mass is 754 g/mol. The van der Waals surface area contributed by atoms with Crippen LogP contribution < -0.4 is 0 Å². The van der Waals surface area contributed by atoms with E-state index in [2.05, 4.69) is 27.7 Å². The molecule has 2 unspecified atom stereocenters. The van der Waals surface area contributed by atoms with Crippen molar-refractivity contribution in [3.05, 3.63) is 35.4 Å². The molecule has 2 aliphatic carbocycles. The lowest BCUT2D eigenvalue weighted by Gasteiger charge is -2.60. The molecule has 10 aliphatic rings. The Balaban J connectivity index is 0.789. The first-order valence-electron chi connectivity index (χ1n) is 20.7. The zero-order chi connectivity index (χ0) is 37.6.